The van der Waals surface area contributed by atoms with Gasteiger partial charge in [-0.05, 0) is 37.4 Å². The molecule has 1 aromatic heterocycles. The number of ether oxygens (including phenoxy) is 1. The second kappa shape index (κ2) is 6.78. The highest BCUT2D eigenvalue weighted by molar-refractivity contribution is 6.07. The first-order valence-corrected chi connectivity index (χ1v) is 7.53. The topological polar surface area (TPSA) is 51.2 Å². The normalized spacial score (nSPS) is 16.2. The molecule has 0 unspecified atom stereocenters. The Morgan fingerprint density at radius 3 is 3.00 bits per heavy atom. The molecule has 0 amide bonds. The average Bonchev–Trinajstić information content (AvgIpc) is 2.55. The Morgan fingerprint density at radius 1 is 1.29 bits per heavy atom. The van der Waals surface area contributed by atoms with Crippen LogP contribution in [0, 0.1) is 0 Å². The monoisotopic (exact) mass is 284 g/mol. The largest absolute Gasteiger partial charge is 0.378 e. The Bertz CT molecular complexity index is 616. The Morgan fingerprint density at radius 2 is 2.14 bits per heavy atom. The van der Waals surface area contributed by atoms with E-state index in [2.05, 4.69) is 10.3 Å². The molecule has 1 aliphatic rings. The van der Waals surface area contributed by atoms with Gasteiger partial charge in [0.2, 0.25) is 0 Å². The lowest BCUT2D eigenvalue weighted by atomic mass is 10.0. The van der Waals surface area contributed by atoms with Gasteiger partial charge in [0.05, 0.1) is 12.7 Å². The van der Waals surface area contributed by atoms with Crippen LogP contribution in [0.5, 0.6) is 0 Å². The second-order valence-electron chi connectivity index (χ2n) is 5.40. The smallest absolute Gasteiger partial charge is 0.165 e. The summed E-state index contributed by atoms with van der Waals surface area (Å²) < 4.78 is 5.81. The molecule has 3 rings (SSSR count). The maximum atomic E-state index is 12.4. The van der Waals surface area contributed by atoms with Crippen LogP contribution in [0.15, 0.2) is 36.7 Å². The minimum Gasteiger partial charge on any atom is -0.378 e. The molecule has 2 aromatic rings. The zero-order valence-electron chi connectivity index (χ0n) is 12.0. The third-order valence-corrected chi connectivity index (χ3v) is 3.95. The van der Waals surface area contributed by atoms with Crippen molar-refractivity contribution >= 4 is 16.6 Å². The number of carbonyl (C=O) groups excluding carboxylic acids is 1. The molecular formula is C17H20N2O2. The van der Waals surface area contributed by atoms with Gasteiger partial charge >= 0.3 is 0 Å². The minimum absolute atomic E-state index is 0.140. The van der Waals surface area contributed by atoms with Crippen LogP contribution < -0.4 is 5.32 Å². The maximum absolute atomic E-state index is 12.4. The number of piperidine rings is 1. The van der Waals surface area contributed by atoms with Crippen LogP contribution in [-0.4, -0.2) is 36.6 Å². The van der Waals surface area contributed by atoms with Crippen molar-refractivity contribution < 1.29 is 9.53 Å². The molecule has 0 atom stereocenters. The number of fused-ring (bicyclic) bond motifs is 1. The molecular weight excluding hydrogens is 264 g/mol. The summed E-state index contributed by atoms with van der Waals surface area (Å²) in [4.78, 5) is 16.5. The fraction of sp³-hybridized carbons (Fsp3) is 0.412. The van der Waals surface area contributed by atoms with Crippen LogP contribution in [0.2, 0.25) is 0 Å². The molecule has 110 valence electrons. The molecule has 0 aliphatic carbocycles. The van der Waals surface area contributed by atoms with Crippen molar-refractivity contribution in [2.24, 2.45) is 0 Å². The molecule has 4 nitrogen and oxygen atoms in total. The van der Waals surface area contributed by atoms with Crippen molar-refractivity contribution in [3.05, 3.63) is 42.2 Å². The highest BCUT2D eigenvalue weighted by Crippen LogP contribution is 2.19. The van der Waals surface area contributed by atoms with E-state index >= 15 is 0 Å². The highest BCUT2D eigenvalue weighted by atomic mass is 16.5. The van der Waals surface area contributed by atoms with E-state index in [0.29, 0.717) is 19.1 Å². The number of pyridine rings is 1. The number of ketones is 1. The molecule has 0 radical (unpaired) electrons. The van der Waals surface area contributed by atoms with Crippen LogP contribution in [0.25, 0.3) is 10.8 Å². The molecule has 1 aromatic carbocycles. The number of hydrogen-bond acceptors (Lipinski definition) is 4. The van der Waals surface area contributed by atoms with E-state index in [4.69, 9.17) is 4.74 Å². The van der Waals surface area contributed by atoms with Gasteiger partial charge in [-0.2, -0.15) is 0 Å². The van der Waals surface area contributed by atoms with Gasteiger partial charge in [0.1, 0.15) is 0 Å². The number of nitrogens with one attached hydrogen (secondary N) is 1. The number of aromatic nitrogens is 1. The first kappa shape index (κ1) is 14.2. The van der Waals surface area contributed by atoms with E-state index in [1.54, 1.807) is 12.4 Å². The number of benzene rings is 1. The zero-order chi connectivity index (χ0) is 14.5. The lowest BCUT2D eigenvalue weighted by molar-refractivity contribution is 0.0314. The van der Waals surface area contributed by atoms with Crippen molar-refractivity contribution in [1.82, 2.24) is 10.3 Å². The van der Waals surface area contributed by atoms with Crippen LogP contribution in [0.3, 0.4) is 0 Å². The molecule has 21 heavy (non-hydrogen) atoms. The van der Waals surface area contributed by atoms with E-state index in [1.807, 2.05) is 24.3 Å². The minimum atomic E-state index is 0.140. The van der Waals surface area contributed by atoms with Crippen molar-refractivity contribution in [3.63, 3.8) is 0 Å². The van der Waals surface area contributed by atoms with Gasteiger partial charge in [0.15, 0.2) is 5.78 Å². The van der Waals surface area contributed by atoms with Gasteiger partial charge in [0, 0.05) is 29.8 Å². The van der Waals surface area contributed by atoms with Crippen molar-refractivity contribution in [1.29, 1.82) is 0 Å². The molecule has 0 spiro atoms. The molecule has 1 fully saturated rings. The molecule has 1 saturated heterocycles. The van der Waals surface area contributed by atoms with Crippen LogP contribution in [-0.2, 0) is 4.74 Å². The molecule has 0 saturated carbocycles. The van der Waals surface area contributed by atoms with Crippen molar-refractivity contribution in [2.45, 2.75) is 25.4 Å². The van der Waals surface area contributed by atoms with E-state index in [1.165, 1.54) is 0 Å². The van der Waals surface area contributed by atoms with Crippen LogP contribution in [0.4, 0.5) is 0 Å². The first-order valence-electron chi connectivity index (χ1n) is 7.53. The Labute approximate surface area is 124 Å². The number of hydrogen-bond donors (Lipinski definition) is 1. The van der Waals surface area contributed by atoms with Gasteiger partial charge in [-0.3, -0.25) is 9.78 Å². The fourth-order valence-electron chi connectivity index (χ4n) is 2.78. The summed E-state index contributed by atoms with van der Waals surface area (Å²) in [6, 6.07) is 7.67. The number of nitrogens with zero attached hydrogens (tertiary/aromatic N) is 1. The fourth-order valence-corrected chi connectivity index (χ4v) is 2.78. The van der Waals surface area contributed by atoms with E-state index in [-0.39, 0.29) is 5.78 Å². The predicted octanol–water partition coefficient (Wildman–Crippen LogP) is 2.58. The molecule has 2 heterocycles. The maximum Gasteiger partial charge on any atom is 0.165 e. The standard InChI is InChI=1S/C17H20N2O2/c20-17(7-11-21-14-4-8-18-9-5-14)16-3-1-2-13-12-19-10-6-15(13)16/h1-3,6,10,12,14,18H,4-5,7-9,11H2. The third-order valence-electron chi connectivity index (χ3n) is 3.95. The predicted molar refractivity (Wildman–Crippen MR) is 82.5 cm³/mol. The summed E-state index contributed by atoms with van der Waals surface area (Å²) in [5.74, 6) is 0.140. The molecule has 0 bridgehead atoms. The van der Waals surface area contributed by atoms with Gasteiger partial charge < -0.3 is 10.1 Å². The highest BCUT2D eigenvalue weighted by Gasteiger charge is 2.15. The lowest BCUT2D eigenvalue weighted by Crippen LogP contribution is -2.32. The van der Waals surface area contributed by atoms with Gasteiger partial charge in [-0.25, -0.2) is 0 Å². The van der Waals surface area contributed by atoms with Crippen molar-refractivity contribution in [3.8, 4) is 0 Å². The zero-order valence-corrected chi connectivity index (χ0v) is 12.0. The average molecular weight is 284 g/mol. The van der Waals surface area contributed by atoms with Gasteiger partial charge in [0.25, 0.3) is 0 Å². The Kier molecular flexibility index (Phi) is 4.58. The SMILES string of the molecule is O=C(CCOC1CCNCC1)c1cccc2cnccc12. The van der Waals surface area contributed by atoms with Crippen molar-refractivity contribution in [2.75, 3.05) is 19.7 Å². The summed E-state index contributed by atoms with van der Waals surface area (Å²) in [6.07, 6.45) is 6.33. The summed E-state index contributed by atoms with van der Waals surface area (Å²) >= 11 is 0. The first-order chi connectivity index (χ1) is 10.3. The van der Waals surface area contributed by atoms with Gasteiger partial charge in [-0.1, -0.05) is 18.2 Å². The van der Waals surface area contributed by atoms with Crippen LogP contribution in [0.1, 0.15) is 29.6 Å². The lowest BCUT2D eigenvalue weighted by Gasteiger charge is -2.22. The molecule has 1 N–H and O–H groups in total. The summed E-state index contributed by atoms with van der Waals surface area (Å²) in [5, 5.41) is 5.28. The number of carbonyl (C=O) groups is 1. The summed E-state index contributed by atoms with van der Waals surface area (Å²) in [6.45, 7) is 2.52. The summed E-state index contributed by atoms with van der Waals surface area (Å²) in [7, 11) is 0. The van der Waals surface area contributed by atoms with E-state index in [0.717, 1.165) is 42.3 Å². The second-order valence-corrected chi connectivity index (χ2v) is 5.40. The van der Waals surface area contributed by atoms with Gasteiger partial charge in [-0.15, -0.1) is 0 Å². The number of Topliss-reactive ketones (excluding diaryl/α,β-unsaturated/α-hetero) is 1. The van der Waals surface area contributed by atoms with E-state index in [9.17, 15) is 4.79 Å². The quantitative estimate of drug-likeness (QED) is 0.857. The molecule has 4 heteroatoms. The van der Waals surface area contributed by atoms with E-state index < -0.39 is 0 Å². The number of rotatable bonds is 5. The third kappa shape index (κ3) is 3.46. The van der Waals surface area contributed by atoms with Crippen LogP contribution >= 0.6 is 0 Å². The molecule has 1 aliphatic heterocycles. The Hall–Kier alpha value is -1.78. The Balaban J connectivity index is 1.61. The summed E-state index contributed by atoms with van der Waals surface area (Å²) in [5.41, 5.74) is 0.767.